The fourth-order valence-corrected chi connectivity index (χ4v) is 5.84. The molecule has 262 valence electrons. The number of halogens is 1. The molecule has 0 unspecified atom stereocenters. The zero-order valence-corrected chi connectivity index (χ0v) is 32.3. The molecule has 0 radical (unpaired) electrons. The van der Waals surface area contributed by atoms with Gasteiger partial charge in [-0.2, -0.15) is 0 Å². The van der Waals surface area contributed by atoms with Gasteiger partial charge in [-0.1, -0.05) is 52.3 Å². The quantitative estimate of drug-likeness (QED) is 0.107. The van der Waals surface area contributed by atoms with Crippen molar-refractivity contribution >= 4 is 52.5 Å². The first-order valence-corrected chi connectivity index (χ1v) is 17.9. The highest BCUT2D eigenvalue weighted by Gasteiger charge is 2.53. The van der Waals surface area contributed by atoms with Crippen LogP contribution in [0.15, 0.2) is 84.9 Å². The van der Waals surface area contributed by atoms with Crippen LogP contribution in [0.1, 0.15) is 66.5 Å². The van der Waals surface area contributed by atoms with E-state index < -0.39 is 7.12 Å². The molecule has 0 N–H and O–H groups in total. The van der Waals surface area contributed by atoms with Crippen LogP contribution in [-0.4, -0.2) is 36.6 Å². The second-order valence-corrected chi connectivity index (χ2v) is 15.2. The number of nitrogens with zero attached hydrogens (tertiary/aromatic N) is 2. The Morgan fingerprint density at radius 2 is 0.902 bits per heavy atom. The molecule has 11 heteroatoms. The van der Waals surface area contributed by atoms with E-state index >= 15 is 0 Å². The van der Waals surface area contributed by atoms with Gasteiger partial charge in [0.25, 0.3) is 0 Å². The highest BCUT2D eigenvalue weighted by Crippen LogP contribution is 2.38. The van der Waals surface area contributed by atoms with Crippen molar-refractivity contribution < 1.29 is 28.1 Å². The molecule has 8 nitrogen and oxygen atoms in total. The standard InChI is InChI=1S/C20H21BBrNO3.C20H22BNO3/c1-19(2)20(3,4)26-21(25-19)18-11-10-17(12-14(18)13-22)24-16-8-6-15(23-5)7-9-16;1-14-13-17(23-16-9-7-15(22-6)8-10-16)11-12-18(14)21-24-19(2,3)20(4,5)25-21/h6-12H,13H2,1-4H3;7-13H,1-5H3. The van der Waals surface area contributed by atoms with Gasteiger partial charge in [-0.3, -0.25) is 0 Å². The van der Waals surface area contributed by atoms with Crippen molar-refractivity contribution in [3.63, 3.8) is 0 Å². The monoisotopic (exact) mass is 748 g/mol. The Hall–Kier alpha value is -4.09. The van der Waals surface area contributed by atoms with Gasteiger partial charge in [0.15, 0.2) is 11.4 Å². The van der Waals surface area contributed by atoms with Gasteiger partial charge in [-0.25, -0.2) is 9.69 Å². The lowest BCUT2D eigenvalue weighted by molar-refractivity contribution is 0.00578. The van der Waals surface area contributed by atoms with Crippen LogP contribution in [0.25, 0.3) is 9.69 Å². The van der Waals surface area contributed by atoms with Crippen LogP contribution in [0.4, 0.5) is 11.4 Å². The summed E-state index contributed by atoms with van der Waals surface area (Å²) in [5.41, 5.74) is 3.84. The number of aryl methyl sites for hydroxylation is 1. The van der Waals surface area contributed by atoms with Gasteiger partial charge in [-0.05, 0) is 133 Å². The Morgan fingerprint density at radius 3 is 1.27 bits per heavy atom. The highest BCUT2D eigenvalue weighted by molar-refractivity contribution is 9.08. The highest BCUT2D eigenvalue weighted by atomic mass is 79.9. The molecule has 0 saturated carbocycles. The first kappa shape index (κ1) is 38.1. The molecule has 51 heavy (non-hydrogen) atoms. The van der Waals surface area contributed by atoms with Crippen molar-refractivity contribution in [1.29, 1.82) is 0 Å². The van der Waals surface area contributed by atoms with Crippen molar-refractivity contribution in [3.8, 4) is 23.0 Å². The molecule has 2 aliphatic rings. The fraction of sp³-hybridized carbons (Fsp3) is 0.350. The summed E-state index contributed by atoms with van der Waals surface area (Å²) in [5, 5.41) is 0.667. The maximum atomic E-state index is 7.00. The average Bonchev–Trinajstić information content (AvgIpc) is 3.44. The fourth-order valence-electron chi connectivity index (χ4n) is 5.36. The number of benzene rings is 4. The number of alkyl halides is 1. The van der Waals surface area contributed by atoms with Crippen LogP contribution in [0.5, 0.6) is 23.0 Å². The topological polar surface area (TPSA) is 64.1 Å². The molecule has 0 aromatic heterocycles. The van der Waals surface area contributed by atoms with Gasteiger partial charge in [0.05, 0.1) is 35.5 Å². The van der Waals surface area contributed by atoms with E-state index in [9.17, 15) is 0 Å². The summed E-state index contributed by atoms with van der Waals surface area (Å²) < 4.78 is 36.4. The lowest BCUT2D eigenvalue weighted by Gasteiger charge is -2.32. The van der Waals surface area contributed by atoms with Gasteiger partial charge >= 0.3 is 14.2 Å². The Balaban J connectivity index is 0.000000198. The summed E-state index contributed by atoms with van der Waals surface area (Å²) in [7, 11) is -0.781. The molecule has 2 fully saturated rings. The molecule has 6 rings (SSSR count). The largest absolute Gasteiger partial charge is 0.495 e. The van der Waals surface area contributed by atoms with Crippen LogP contribution in [0, 0.1) is 20.1 Å². The van der Waals surface area contributed by atoms with Crippen molar-refractivity contribution in [2.75, 3.05) is 0 Å². The predicted molar refractivity (Wildman–Crippen MR) is 207 cm³/mol. The van der Waals surface area contributed by atoms with Gasteiger partial charge in [0, 0.05) is 5.33 Å². The summed E-state index contributed by atoms with van der Waals surface area (Å²) in [6.07, 6.45) is 0. The number of rotatable bonds is 7. The van der Waals surface area contributed by atoms with Gasteiger partial charge < -0.3 is 28.1 Å². The molecule has 2 aliphatic heterocycles. The molecule has 0 atom stereocenters. The van der Waals surface area contributed by atoms with Crippen molar-refractivity contribution in [1.82, 2.24) is 0 Å². The Labute approximate surface area is 311 Å². The maximum Gasteiger partial charge on any atom is 0.495 e. The molecular formula is C40H43B2BrN2O6. The normalized spacial score (nSPS) is 17.9. The first-order valence-electron chi connectivity index (χ1n) is 16.8. The van der Waals surface area contributed by atoms with Crippen molar-refractivity contribution in [2.24, 2.45) is 0 Å². The van der Waals surface area contributed by atoms with E-state index in [1.54, 1.807) is 48.5 Å². The minimum atomic E-state index is -0.403. The van der Waals surface area contributed by atoms with Crippen LogP contribution >= 0.6 is 15.9 Å². The van der Waals surface area contributed by atoms with Crippen LogP contribution in [0.2, 0.25) is 0 Å². The van der Waals surface area contributed by atoms with Crippen LogP contribution in [0.3, 0.4) is 0 Å². The van der Waals surface area contributed by atoms with E-state index in [0.717, 1.165) is 33.6 Å². The van der Waals surface area contributed by atoms with Gasteiger partial charge in [-0.15, -0.1) is 0 Å². The van der Waals surface area contributed by atoms with Gasteiger partial charge in [0.1, 0.15) is 23.0 Å². The van der Waals surface area contributed by atoms with E-state index in [-0.39, 0.29) is 29.5 Å². The third kappa shape index (κ3) is 8.52. The summed E-state index contributed by atoms with van der Waals surface area (Å²) in [6, 6.07) is 25.9. The van der Waals surface area contributed by atoms with Crippen LogP contribution < -0.4 is 20.4 Å². The molecule has 0 spiro atoms. The molecule has 2 saturated heterocycles. The summed E-state index contributed by atoms with van der Waals surface area (Å²) >= 11 is 3.55. The summed E-state index contributed by atoms with van der Waals surface area (Å²) in [4.78, 5) is 6.76. The van der Waals surface area contributed by atoms with E-state index in [2.05, 4.69) is 25.6 Å². The lowest BCUT2D eigenvalue weighted by Crippen LogP contribution is -2.41. The minimum Gasteiger partial charge on any atom is -0.457 e. The van der Waals surface area contributed by atoms with E-state index in [1.807, 2.05) is 98.7 Å². The smallest absolute Gasteiger partial charge is 0.457 e. The van der Waals surface area contributed by atoms with Gasteiger partial charge in [0.2, 0.25) is 0 Å². The zero-order chi connectivity index (χ0) is 37.2. The van der Waals surface area contributed by atoms with E-state index in [0.29, 0.717) is 28.2 Å². The molecule has 2 heterocycles. The Morgan fingerprint density at radius 1 is 0.549 bits per heavy atom. The van der Waals surface area contributed by atoms with Crippen molar-refractivity contribution in [2.45, 2.75) is 90.0 Å². The lowest BCUT2D eigenvalue weighted by atomic mass is 9.76. The summed E-state index contributed by atoms with van der Waals surface area (Å²) in [5.74, 6) is 2.88. The number of ether oxygens (including phenoxy) is 2. The van der Waals surface area contributed by atoms with Crippen LogP contribution in [-0.2, 0) is 23.9 Å². The summed E-state index contributed by atoms with van der Waals surface area (Å²) in [6.45, 7) is 32.4. The Kier molecular flexibility index (Phi) is 11.1. The molecule has 4 aromatic rings. The second-order valence-electron chi connectivity index (χ2n) is 14.6. The minimum absolute atomic E-state index is 0.357. The SMILES string of the molecule is [C-]#[N+]c1ccc(Oc2ccc(B3OC(C)(C)C(C)(C)O3)c(C)c2)cc1.[C-]#[N+]c1ccc(Oc2ccc(B3OC(C)(C)C(C)(C)O3)c(CBr)c2)cc1. The molecule has 0 amide bonds. The van der Waals surface area contributed by atoms with E-state index in [1.165, 1.54) is 0 Å². The maximum absolute atomic E-state index is 7.00. The number of hydrogen-bond donors (Lipinski definition) is 0. The van der Waals surface area contributed by atoms with Crippen molar-refractivity contribution in [3.05, 3.63) is 119 Å². The number of hydrogen-bond acceptors (Lipinski definition) is 6. The zero-order valence-electron chi connectivity index (χ0n) is 30.7. The average molecular weight is 749 g/mol. The van der Waals surface area contributed by atoms with E-state index in [4.69, 9.17) is 41.2 Å². The first-order chi connectivity index (χ1) is 24.0. The second kappa shape index (κ2) is 14.9. The third-order valence-corrected chi connectivity index (χ3v) is 10.5. The third-order valence-electron chi connectivity index (χ3n) is 9.92. The predicted octanol–water partition coefficient (Wildman–Crippen LogP) is 9.86. The molecule has 4 aromatic carbocycles. The Bertz CT molecular complexity index is 1920. The molecule has 0 aliphatic carbocycles. The molecule has 0 bridgehead atoms. The molecular weight excluding hydrogens is 706 g/mol.